The van der Waals surface area contributed by atoms with E-state index in [4.69, 9.17) is 0 Å². The van der Waals surface area contributed by atoms with Crippen molar-refractivity contribution in [2.24, 2.45) is 0 Å². The standard InChI is InChI=1S/C12H22N2/c1-3-5-6-8-13-10-12-7-9-14(4-2)11-12/h7,9,11,13H,3-6,8,10H2,1-2H3. The van der Waals surface area contributed by atoms with Crippen molar-refractivity contribution in [2.45, 2.75) is 46.2 Å². The van der Waals surface area contributed by atoms with Crippen LogP contribution in [0, 0.1) is 0 Å². The first-order valence-corrected chi connectivity index (χ1v) is 5.72. The summed E-state index contributed by atoms with van der Waals surface area (Å²) in [6.45, 7) is 7.62. The maximum absolute atomic E-state index is 3.46. The molecule has 0 aliphatic heterocycles. The lowest BCUT2D eigenvalue weighted by molar-refractivity contribution is 0.616. The van der Waals surface area contributed by atoms with E-state index in [1.54, 1.807) is 0 Å². The zero-order valence-electron chi connectivity index (χ0n) is 9.42. The van der Waals surface area contributed by atoms with Gasteiger partial charge in [0.05, 0.1) is 0 Å². The molecule has 0 saturated carbocycles. The highest BCUT2D eigenvalue weighted by Crippen LogP contribution is 2.00. The molecule has 0 aromatic carbocycles. The van der Waals surface area contributed by atoms with E-state index in [9.17, 15) is 0 Å². The molecular formula is C12H22N2. The van der Waals surface area contributed by atoms with Crippen LogP contribution in [0.2, 0.25) is 0 Å². The van der Waals surface area contributed by atoms with Gasteiger partial charge in [-0.05, 0) is 31.5 Å². The molecule has 0 amide bonds. The molecule has 2 heteroatoms. The Morgan fingerprint density at radius 2 is 2.14 bits per heavy atom. The fraction of sp³-hybridized carbons (Fsp3) is 0.667. The first-order chi connectivity index (χ1) is 6.86. The Balaban J connectivity index is 2.12. The number of nitrogens with one attached hydrogen (secondary N) is 1. The topological polar surface area (TPSA) is 17.0 Å². The molecule has 0 radical (unpaired) electrons. The third-order valence-electron chi connectivity index (χ3n) is 2.46. The number of aromatic nitrogens is 1. The highest BCUT2D eigenvalue weighted by molar-refractivity contribution is 5.09. The van der Waals surface area contributed by atoms with E-state index < -0.39 is 0 Å². The number of hydrogen-bond donors (Lipinski definition) is 1. The lowest BCUT2D eigenvalue weighted by Crippen LogP contribution is -2.14. The van der Waals surface area contributed by atoms with E-state index >= 15 is 0 Å². The molecule has 0 aliphatic rings. The van der Waals surface area contributed by atoms with Gasteiger partial charge in [0.15, 0.2) is 0 Å². The Morgan fingerprint density at radius 1 is 1.29 bits per heavy atom. The minimum atomic E-state index is 1.01. The van der Waals surface area contributed by atoms with Gasteiger partial charge in [-0.25, -0.2) is 0 Å². The van der Waals surface area contributed by atoms with Crippen LogP contribution in [0.1, 0.15) is 38.7 Å². The summed E-state index contributed by atoms with van der Waals surface area (Å²) < 4.78 is 2.21. The van der Waals surface area contributed by atoms with Gasteiger partial charge in [-0.2, -0.15) is 0 Å². The van der Waals surface area contributed by atoms with Crippen molar-refractivity contribution < 1.29 is 0 Å². The average molecular weight is 194 g/mol. The van der Waals surface area contributed by atoms with Crippen LogP contribution in [0.5, 0.6) is 0 Å². The van der Waals surface area contributed by atoms with Gasteiger partial charge in [-0.3, -0.25) is 0 Å². The Kier molecular flexibility index (Phi) is 5.38. The molecule has 0 saturated heterocycles. The summed E-state index contributed by atoms with van der Waals surface area (Å²) in [6, 6.07) is 2.19. The summed E-state index contributed by atoms with van der Waals surface area (Å²) in [6.07, 6.45) is 8.29. The van der Waals surface area contributed by atoms with E-state index in [-0.39, 0.29) is 0 Å². The van der Waals surface area contributed by atoms with E-state index in [0.717, 1.165) is 19.6 Å². The van der Waals surface area contributed by atoms with Gasteiger partial charge in [0, 0.05) is 25.5 Å². The van der Waals surface area contributed by atoms with Gasteiger partial charge in [-0.15, -0.1) is 0 Å². The van der Waals surface area contributed by atoms with E-state index in [2.05, 4.69) is 42.2 Å². The minimum absolute atomic E-state index is 1.01. The first kappa shape index (κ1) is 11.3. The van der Waals surface area contributed by atoms with Crippen molar-refractivity contribution in [1.82, 2.24) is 9.88 Å². The molecule has 2 nitrogen and oxygen atoms in total. The first-order valence-electron chi connectivity index (χ1n) is 5.72. The van der Waals surface area contributed by atoms with Crippen LogP contribution in [-0.4, -0.2) is 11.1 Å². The lowest BCUT2D eigenvalue weighted by Gasteiger charge is -2.01. The summed E-state index contributed by atoms with van der Waals surface area (Å²) >= 11 is 0. The summed E-state index contributed by atoms with van der Waals surface area (Å²) in [5, 5.41) is 3.46. The van der Waals surface area contributed by atoms with Crippen LogP contribution >= 0.6 is 0 Å². The second kappa shape index (κ2) is 6.66. The molecule has 0 fully saturated rings. The molecular weight excluding hydrogens is 172 g/mol. The summed E-state index contributed by atoms with van der Waals surface area (Å²) in [5.74, 6) is 0. The summed E-state index contributed by atoms with van der Waals surface area (Å²) in [7, 11) is 0. The zero-order valence-corrected chi connectivity index (χ0v) is 9.42. The number of aryl methyl sites for hydroxylation is 1. The molecule has 80 valence electrons. The van der Waals surface area contributed by atoms with Gasteiger partial charge < -0.3 is 9.88 Å². The van der Waals surface area contributed by atoms with E-state index in [1.165, 1.54) is 24.8 Å². The van der Waals surface area contributed by atoms with Gasteiger partial charge in [-0.1, -0.05) is 19.8 Å². The van der Waals surface area contributed by atoms with Crippen molar-refractivity contribution in [1.29, 1.82) is 0 Å². The minimum Gasteiger partial charge on any atom is -0.354 e. The SMILES string of the molecule is CCCCCNCc1ccn(CC)c1. The predicted molar refractivity (Wildman–Crippen MR) is 61.3 cm³/mol. The molecule has 1 aromatic rings. The molecule has 1 rings (SSSR count). The van der Waals surface area contributed by atoms with Gasteiger partial charge in [0.2, 0.25) is 0 Å². The van der Waals surface area contributed by atoms with Crippen molar-refractivity contribution in [3.05, 3.63) is 24.0 Å². The predicted octanol–water partition coefficient (Wildman–Crippen LogP) is 2.79. The Labute approximate surface area is 87.3 Å². The van der Waals surface area contributed by atoms with Crippen LogP contribution < -0.4 is 5.32 Å². The van der Waals surface area contributed by atoms with Crippen LogP contribution in [0.25, 0.3) is 0 Å². The normalized spacial score (nSPS) is 10.7. The van der Waals surface area contributed by atoms with Crippen molar-refractivity contribution in [3.63, 3.8) is 0 Å². The molecule has 1 heterocycles. The van der Waals surface area contributed by atoms with E-state index in [1.807, 2.05) is 0 Å². The molecule has 1 aromatic heterocycles. The summed E-state index contributed by atoms with van der Waals surface area (Å²) in [4.78, 5) is 0. The van der Waals surface area contributed by atoms with Crippen LogP contribution in [-0.2, 0) is 13.1 Å². The van der Waals surface area contributed by atoms with Crippen LogP contribution in [0.15, 0.2) is 18.5 Å². The van der Waals surface area contributed by atoms with Crippen molar-refractivity contribution in [2.75, 3.05) is 6.54 Å². The fourth-order valence-corrected chi connectivity index (χ4v) is 1.52. The number of hydrogen-bond acceptors (Lipinski definition) is 1. The average Bonchev–Trinajstić information content (AvgIpc) is 2.65. The molecule has 0 atom stereocenters. The maximum atomic E-state index is 3.46. The second-order valence-electron chi connectivity index (χ2n) is 3.73. The maximum Gasteiger partial charge on any atom is 0.0220 e. The summed E-state index contributed by atoms with van der Waals surface area (Å²) in [5.41, 5.74) is 1.39. The van der Waals surface area contributed by atoms with Gasteiger partial charge in [0.1, 0.15) is 0 Å². The second-order valence-corrected chi connectivity index (χ2v) is 3.73. The number of nitrogens with zero attached hydrogens (tertiary/aromatic N) is 1. The Bertz CT molecular complexity index is 240. The monoisotopic (exact) mass is 194 g/mol. The molecule has 14 heavy (non-hydrogen) atoms. The molecule has 0 spiro atoms. The highest BCUT2D eigenvalue weighted by Gasteiger charge is 1.94. The van der Waals surface area contributed by atoms with E-state index in [0.29, 0.717) is 0 Å². The highest BCUT2D eigenvalue weighted by atomic mass is 14.9. The number of unbranched alkanes of at least 4 members (excludes halogenated alkanes) is 2. The number of rotatable bonds is 7. The smallest absolute Gasteiger partial charge is 0.0220 e. The fourth-order valence-electron chi connectivity index (χ4n) is 1.52. The molecule has 0 aliphatic carbocycles. The van der Waals surface area contributed by atoms with Gasteiger partial charge in [0.25, 0.3) is 0 Å². The van der Waals surface area contributed by atoms with Crippen molar-refractivity contribution in [3.8, 4) is 0 Å². The molecule has 0 unspecified atom stereocenters. The van der Waals surface area contributed by atoms with Crippen LogP contribution in [0.4, 0.5) is 0 Å². The Morgan fingerprint density at radius 3 is 2.79 bits per heavy atom. The Hall–Kier alpha value is -0.760. The van der Waals surface area contributed by atoms with Crippen LogP contribution in [0.3, 0.4) is 0 Å². The third-order valence-corrected chi connectivity index (χ3v) is 2.46. The largest absolute Gasteiger partial charge is 0.354 e. The third kappa shape index (κ3) is 3.97. The zero-order chi connectivity index (χ0) is 10.2. The van der Waals surface area contributed by atoms with Crippen molar-refractivity contribution >= 4 is 0 Å². The quantitative estimate of drug-likeness (QED) is 0.660. The lowest BCUT2D eigenvalue weighted by atomic mass is 10.2. The molecule has 0 bridgehead atoms. The molecule has 1 N–H and O–H groups in total. The van der Waals surface area contributed by atoms with Gasteiger partial charge >= 0.3 is 0 Å².